The van der Waals surface area contributed by atoms with Crippen molar-refractivity contribution in [3.8, 4) is 11.1 Å². The molecular formula is C27H32FN5O. The van der Waals surface area contributed by atoms with Gasteiger partial charge in [0.05, 0.1) is 5.92 Å². The molecule has 1 aliphatic heterocycles. The Balaban J connectivity index is 1.33. The van der Waals surface area contributed by atoms with Crippen LogP contribution in [-0.4, -0.2) is 42.1 Å². The lowest BCUT2D eigenvalue weighted by molar-refractivity contribution is -0.125. The van der Waals surface area contributed by atoms with Crippen molar-refractivity contribution in [1.82, 2.24) is 15.3 Å². The minimum Gasteiger partial charge on any atom is -0.372 e. The molecule has 34 heavy (non-hydrogen) atoms. The third-order valence-corrected chi connectivity index (χ3v) is 6.40. The minimum atomic E-state index is -0.286. The fourth-order valence-electron chi connectivity index (χ4n) is 4.42. The SMILES string of the molecule is CCN(CC)c1ccc(CNC(=O)[C@H]2CCCN(c3ncc(-c4cccc(F)c4)cn3)C2)cc1. The second-order valence-electron chi connectivity index (χ2n) is 8.62. The Labute approximate surface area is 200 Å². The third kappa shape index (κ3) is 5.71. The molecule has 1 N–H and O–H groups in total. The van der Waals surface area contributed by atoms with Gasteiger partial charge in [0.25, 0.3) is 0 Å². The van der Waals surface area contributed by atoms with E-state index in [2.05, 4.69) is 63.2 Å². The number of hydrogen-bond donors (Lipinski definition) is 1. The quantitative estimate of drug-likeness (QED) is 0.529. The molecule has 0 saturated carbocycles. The predicted molar refractivity (Wildman–Crippen MR) is 134 cm³/mol. The molecule has 0 spiro atoms. The van der Waals surface area contributed by atoms with E-state index in [1.54, 1.807) is 18.5 Å². The maximum atomic E-state index is 13.5. The van der Waals surface area contributed by atoms with Crippen molar-refractivity contribution in [2.45, 2.75) is 33.2 Å². The molecule has 2 heterocycles. The van der Waals surface area contributed by atoms with Gasteiger partial charge >= 0.3 is 0 Å². The number of amides is 1. The standard InChI is InChI=1S/C27H32FN5O/c1-3-32(4-2)25-12-10-20(11-13-25)16-29-26(34)22-8-6-14-33(19-22)27-30-17-23(18-31-27)21-7-5-9-24(28)15-21/h5,7,9-13,15,17-18,22H,3-4,6,8,14,16,19H2,1-2H3,(H,29,34)/t22-/m0/s1. The molecule has 1 aromatic heterocycles. The Hall–Kier alpha value is -3.48. The van der Waals surface area contributed by atoms with Gasteiger partial charge in [0.1, 0.15) is 5.82 Å². The summed E-state index contributed by atoms with van der Waals surface area (Å²) in [4.78, 5) is 26.2. The molecule has 4 rings (SSSR count). The summed E-state index contributed by atoms with van der Waals surface area (Å²) in [5.74, 6) is 0.278. The van der Waals surface area contributed by atoms with Crippen LogP contribution in [0.4, 0.5) is 16.0 Å². The highest BCUT2D eigenvalue weighted by Gasteiger charge is 2.27. The number of carbonyl (C=O) groups excluding carboxylic acids is 1. The van der Waals surface area contributed by atoms with Crippen molar-refractivity contribution in [2.75, 3.05) is 36.0 Å². The van der Waals surface area contributed by atoms with Crippen molar-refractivity contribution >= 4 is 17.5 Å². The molecule has 6 nitrogen and oxygen atoms in total. The first-order chi connectivity index (χ1) is 16.6. The predicted octanol–water partition coefficient (Wildman–Crippen LogP) is 4.66. The van der Waals surface area contributed by atoms with Crippen LogP contribution in [0.25, 0.3) is 11.1 Å². The molecule has 1 atom stereocenters. The average Bonchev–Trinajstić information content (AvgIpc) is 2.89. The zero-order valence-electron chi connectivity index (χ0n) is 19.9. The number of nitrogens with one attached hydrogen (secondary N) is 1. The van der Waals surface area contributed by atoms with Crippen LogP contribution in [0.2, 0.25) is 0 Å². The molecule has 0 aliphatic carbocycles. The van der Waals surface area contributed by atoms with Crippen LogP contribution in [0.15, 0.2) is 60.9 Å². The number of carbonyl (C=O) groups is 1. The lowest BCUT2D eigenvalue weighted by atomic mass is 9.97. The Morgan fingerprint density at radius 2 is 1.82 bits per heavy atom. The lowest BCUT2D eigenvalue weighted by Gasteiger charge is -2.32. The Kier molecular flexibility index (Phi) is 7.72. The third-order valence-electron chi connectivity index (χ3n) is 6.40. The molecule has 178 valence electrons. The molecular weight excluding hydrogens is 429 g/mol. The van der Waals surface area contributed by atoms with Gasteiger partial charge in [-0.15, -0.1) is 0 Å². The fraction of sp³-hybridized carbons (Fsp3) is 0.370. The van der Waals surface area contributed by atoms with Gasteiger partial charge in [-0.1, -0.05) is 24.3 Å². The van der Waals surface area contributed by atoms with Crippen LogP contribution in [0.1, 0.15) is 32.3 Å². The number of rotatable bonds is 8. The van der Waals surface area contributed by atoms with Crippen LogP contribution >= 0.6 is 0 Å². The number of hydrogen-bond acceptors (Lipinski definition) is 5. The summed E-state index contributed by atoms with van der Waals surface area (Å²) < 4.78 is 13.5. The summed E-state index contributed by atoms with van der Waals surface area (Å²) in [6.07, 6.45) is 5.18. The summed E-state index contributed by atoms with van der Waals surface area (Å²) in [6.45, 7) is 8.17. The van der Waals surface area contributed by atoms with E-state index in [4.69, 9.17) is 0 Å². The summed E-state index contributed by atoms with van der Waals surface area (Å²) in [6, 6.07) is 14.8. The summed E-state index contributed by atoms with van der Waals surface area (Å²) >= 11 is 0. The molecule has 7 heteroatoms. The zero-order valence-corrected chi connectivity index (χ0v) is 19.9. The van der Waals surface area contributed by atoms with Gasteiger partial charge in [0.15, 0.2) is 0 Å². The Morgan fingerprint density at radius 1 is 1.09 bits per heavy atom. The molecule has 0 radical (unpaired) electrons. The maximum absolute atomic E-state index is 13.5. The van der Waals surface area contributed by atoms with Gasteiger partial charge < -0.3 is 15.1 Å². The van der Waals surface area contributed by atoms with Gasteiger partial charge in [-0.25, -0.2) is 14.4 Å². The maximum Gasteiger partial charge on any atom is 0.225 e. The van der Waals surface area contributed by atoms with E-state index in [-0.39, 0.29) is 17.6 Å². The van der Waals surface area contributed by atoms with E-state index in [9.17, 15) is 9.18 Å². The highest BCUT2D eigenvalue weighted by molar-refractivity contribution is 5.79. The van der Waals surface area contributed by atoms with E-state index in [1.165, 1.54) is 17.8 Å². The molecule has 2 aromatic carbocycles. The molecule has 0 unspecified atom stereocenters. The number of nitrogens with zero attached hydrogens (tertiary/aromatic N) is 4. The highest BCUT2D eigenvalue weighted by Crippen LogP contribution is 2.23. The molecule has 1 aliphatic rings. The van der Waals surface area contributed by atoms with Crippen LogP contribution in [-0.2, 0) is 11.3 Å². The summed E-state index contributed by atoms with van der Waals surface area (Å²) in [5.41, 5.74) is 3.80. The minimum absolute atomic E-state index is 0.0638. The van der Waals surface area contributed by atoms with Crippen molar-refractivity contribution in [1.29, 1.82) is 0 Å². The molecule has 1 saturated heterocycles. The van der Waals surface area contributed by atoms with E-state index in [0.29, 0.717) is 19.0 Å². The first kappa shape index (κ1) is 23.7. The Bertz CT molecular complexity index is 1080. The van der Waals surface area contributed by atoms with Crippen LogP contribution in [0, 0.1) is 11.7 Å². The van der Waals surface area contributed by atoms with Gasteiger partial charge in [0.2, 0.25) is 11.9 Å². The molecule has 3 aromatic rings. The monoisotopic (exact) mass is 461 g/mol. The smallest absolute Gasteiger partial charge is 0.225 e. The van der Waals surface area contributed by atoms with E-state index >= 15 is 0 Å². The van der Waals surface area contributed by atoms with E-state index < -0.39 is 0 Å². The first-order valence-electron chi connectivity index (χ1n) is 12.0. The number of benzene rings is 2. The van der Waals surface area contributed by atoms with Gasteiger partial charge in [-0.2, -0.15) is 0 Å². The second kappa shape index (κ2) is 11.1. The van der Waals surface area contributed by atoms with Gasteiger partial charge in [-0.05, 0) is 62.1 Å². The van der Waals surface area contributed by atoms with Crippen LogP contribution in [0.3, 0.4) is 0 Å². The van der Waals surface area contributed by atoms with E-state index in [0.717, 1.165) is 49.2 Å². The van der Waals surface area contributed by atoms with Crippen LogP contribution in [0.5, 0.6) is 0 Å². The number of piperidine rings is 1. The van der Waals surface area contributed by atoms with Crippen LogP contribution < -0.4 is 15.1 Å². The van der Waals surface area contributed by atoms with E-state index in [1.807, 2.05) is 6.07 Å². The van der Waals surface area contributed by atoms with Crippen molar-refractivity contribution in [2.24, 2.45) is 5.92 Å². The number of aromatic nitrogens is 2. The van der Waals surface area contributed by atoms with Gasteiger partial charge in [0, 0.05) is 56.4 Å². The largest absolute Gasteiger partial charge is 0.372 e. The second-order valence-corrected chi connectivity index (χ2v) is 8.62. The van der Waals surface area contributed by atoms with Gasteiger partial charge in [-0.3, -0.25) is 4.79 Å². The summed E-state index contributed by atoms with van der Waals surface area (Å²) in [5, 5.41) is 3.10. The highest BCUT2D eigenvalue weighted by atomic mass is 19.1. The van der Waals surface area contributed by atoms with Crippen molar-refractivity contribution < 1.29 is 9.18 Å². The Morgan fingerprint density at radius 3 is 2.50 bits per heavy atom. The first-order valence-corrected chi connectivity index (χ1v) is 12.0. The van der Waals surface area contributed by atoms with Crippen molar-refractivity contribution in [3.05, 3.63) is 72.3 Å². The summed E-state index contributed by atoms with van der Waals surface area (Å²) in [7, 11) is 0. The molecule has 1 amide bonds. The topological polar surface area (TPSA) is 61.4 Å². The number of anilines is 2. The number of halogens is 1. The normalized spacial score (nSPS) is 15.7. The van der Waals surface area contributed by atoms with Crippen molar-refractivity contribution in [3.63, 3.8) is 0 Å². The lowest BCUT2D eigenvalue weighted by Crippen LogP contribution is -2.43. The molecule has 0 bridgehead atoms. The average molecular weight is 462 g/mol. The zero-order chi connectivity index (χ0) is 23.9. The fourth-order valence-corrected chi connectivity index (χ4v) is 4.42. The molecule has 1 fully saturated rings.